The second kappa shape index (κ2) is 6.55. The summed E-state index contributed by atoms with van der Waals surface area (Å²) in [6.45, 7) is 5.50. The van der Waals surface area contributed by atoms with Gasteiger partial charge >= 0.3 is 0 Å². The number of rotatable bonds is 6. The summed E-state index contributed by atoms with van der Waals surface area (Å²) in [5.41, 5.74) is 0.463. The first-order chi connectivity index (χ1) is 7.63. The highest BCUT2D eigenvalue weighted by atomic mass is 19.1. The van der Waals surface area contributed by atoms with Gasteiger partial charge in [0.15, 0.2) is 0 Å². The highest BCUT2D eigenvalue weighted by Crippen LogP contribution is 2.09. The van der Waals surface area contributed by atoms with Crippen molar-refractivity contribution in [1.82, 2.24) is 5.32 Å². The highest BCUT2D eigenvalue weighted by Gasteiger charge is 2.05. The van der Waals surface area contributed by atoms with Crippen LogP contribution in [0.15, 0.2) is 18.2 Å². The van der Waals surface area contributed by atoms with Gasteiger partial charge < -0.3 is 10.1 Å². The molecule has 16 heavy (non-hydrogen) atoms. The Kier molecular flexibility index (Phi) is 5.35. The Morgan fingerprint density at radius 1 is 1.38 bits per heavy atom. The summed E-state index contributed by atoms with van der Waals surface area (Å²) in [4.78, 5) is 0. The number of hydrogen-bond acceptors (Lipinski definition) is 2. The molecule has 0 radical (unpaired) electrons. The van der Waals surface area contributed by atoms with E-state index in [-0.39, 0.29) is 6.04 Å². The molecule has 1 N–H and O–H groups in total. The zero-order valence-corrected chi connectivity index (χ0v) is 9.59. The number of hydrogen-bond donors (Lipinski definition) is 1. The van der Waals surface area contributed by atoms with E-state index in [1.807, 2.05) is 13.8 Å². The molecule has 1 unspecified atom stereocenters. The maximum atomic E-state index is 13.2. The second-order valence-corrected chi connectivity index (χ2v) is 3.68. The maximum Gasteiger partial charge on any atom is 0.130 e. The van der Waals surface area contributed by atoms with Crippen LogP contribution < -0.4 is 5.32 Å². The van der Waals surface area contributed by atoms with Crippen molar-refractivity contribution in [1.29, 1.82) is 0 Å². The normalized spacial score (nSPS) is 12.8. The molecule has 0 saturated heterocycles. The largest absolute Gasteiger partial charge is 0.380 e. The van der Waals surface area contributed by atoms with Gasteiger partial charge in [-0.3, -0.25) is 0 Å². The Hall–Kier alpha value is -1.00. The van der Waals surface area contributed by atoms with E-state index < -0.39 is 11.6 Å². The lowest BCUT2D eigenvalue weighted by molar-refractivity contribution is 0.127. The first-order valence-electron chi connectivity index (χ1n) is 5.38. The van der Waals surface area contributed by atoms with Gasteiger partial charge in [-0.25, -0.2) is 8.78 Å². The van der Waals surface area contributed by atoms with Gasteiger partial charge in [-0.1, -0.05) is 6.07 Å². The topological polar surface area (TPSA) is 21.3 Å². The molecule has 1 atom stereocenters. The summed E-state index contributed by atoms with van der Waals surface area (Å²) in [6.07, 6.45) is 0. The third-order valence-electron chi connectivity index (χ3n) is 2.23. The van der Waals surface area contributed by atoms with Crippen LogP contribution in [-0.4, -0.2) is 19.3 Å². The van der Waals surface area contributed by atoms with Crippen LogP contribution in [0.5, 0.6) is 0 Å². The van der Waals surface area contributed by atoms with Crippen LogP contribution in [0.3, 0.4) is 0 Å². The van der Waals surface area contributed by atoms with Gasteiger partial charge in [0.25, 0.3) is 0 Å². The lowest BCUT2D eigenvalue weighted by Gasteiger charge is -2.13. The fraction of sp³-hybridized carbons (Fsp3) is 0.500. The van der Waals surface area contributed by atoms with Crippen molar-refractivity contribution in [2.45, 2.75) is 26.4 Å². The van der Waals surface area contributed by atoms with Crippen LogP contribution in [0.4, 0.5) is 8.78 Å². The van der Waals surface area contributed by atoms with Gasteiger partial charge in [0.2, 0.25) is 0 Å². The number of halogens is 2. The molecule has 0 aliphatic heterocycles. The third kappa shape index (κ3) is 4.24. The minimum atomic E-state index is -0.552. The van der Waals surface area contributed by atoms with Crippen molar-refractivity contribution in [3.8, 4) is 0 Å². The van der Waals surface area contributed by atoms with Gasteiger partial charge in [0.05, 0.1) is 6.61 Å². The maximum absolute atomic E-state index is 13.2. The molecule has 0 heterocycles. The van der Waals surface area contributed by atoms with Crippen molar-refractivity contribution in [3.05, 3.63) is 35.4 Å². The minimum absolute atomic E-state index is 0.143. The van der Waals surface area contributed by atoms with Gasteiger partial charge in [-0.2, -0.15) is 0 Å². The molecule has 0 aliphatic carbocycles. The number of nitrogens with one attached hydrogen (secondary N) is 1. The predicted molar refractivity (Wildman–Crippen MR) is 59.2 cm³/mol. The second-order valence-electron chi connectivity index (χ2n) is 3.68. The van der Waals surface area contributed by atoms with Gasteiger partial charge in [-0.05, 0) is 19.9 Å². The van der Waals surface area contributed by atoms with Gasteiger partial charge in [0, 0.05) is 30.8 Å². The van der Waals surface area contributed by atoms with E-state index in [9.17, 15) is 8.78 Å². The van der Waals surface area contributed by atoms with Crippen molar-refractivity contribution in [2.75, 3.05) is 13.2 Å². The number of ether oxygens (including phenoxy) is 1. The number of benzene rings is 1. The third-order valence-corrected chi connectivity index (χ3v) is 2.23. The summed E-state index contributed by atoms with van der Waals surface area (Å²) < 4.78 is 31.1. The molecular weight excluding hydrogens is 212 g/mol. The minimum Gasteiger partial charge on any atom is -0.380 e. The molecule has 0 spiro atoms. The fourth-order valence-electron chi connectivity index (χ4n) is 1.30. The SMILES string of the molecule is CCOCC(C)NCc1ccc(F)cc1F. The molecular formula is C12H17F2NO. The predicted octanol–water partition coefficient (Wildman–Crippen LogP) is 2.48. The van der Waals surface area contributed by atoms with E-state index in [1.54, 1.807) is 0 Å². The van der Waals surface area contributed by atoms with E-state index in [1.165, 1.54) is 12.1 Å². The zero-order valence-electron chi connectivity index (χ0n) is 9.59. The van der Waals surface area contributed by atoms with Gasteiger partial charge in [0.1, 0.15) is 11.6 Å². The van der Waals surface area contributed by atoms with Crippen molar-refractivity contribution < 1.29 is 13.5 Å². The first-order valence-corrected chi connectivity index (χ1v) is 5.38. The molecule has 4 heteroatoms. The molecule has 1 aromatic carbocycles. The smallest absolute Gasteiger partial charge is 0.130 e. The Morgan fingerprint density at radius 2 is 2.12 bits per heavy atom. The summed E-state index contributed by atoms with van der Waals surface area (Å²) >= 11 is 0. The highest BCUT2D eigenvalue weighted by molar-refractivity contribution is 5.18. The Labute approximate surface area is 94.6 Å². The van der Waals surface area contributed by atoms with E-state index in [0.717, 1.165) is 6.07 Å². The zero-order chi connectivity index (χ0) is 12.0. The van der Waals surface area contributed by atoms with Crippen LogP contribution in [0.1, 0.15) is 19.4 Å². The van der Waals surface area contributed by atoms with Crippen molar-refractivity contribution in [3.63, 3.8) is 0 Å². The van der Waals surface area contributed by atoms with Gasteiger partial charge in [-0.15, -0.1) is 0 Å². The lowest BCUT2D eigenvalue weighted by Crippen LogP contribution is -2.30. The lowest BCUT2D eigenvalue weighted by atomic mass is 10.2. The Balaban J connectivity index is 2.42. The summed E-state index contributed by atoms with van der Waals surface area (Å²) in [7, 11) is 0. The monoisotopic (exact) mass is 229 g/mol. The molecule has 0 fully saturated rings. The molecule has 0 bridgehead atoms. The Bertz CT molecular complexity index is 331. The van der Waals surface area contributed by atoms with Crippen molar-refractivity contribution in [2.24, 2.45) is 0 Å². The van der Waals surface area contributed by atoms with E-state index in [4.69, 9.17) is 4.74 Å². The fourth-order valence-corrected chi connectivity index (χ4v) is 1.30. The molecule has 0 aromatic heterocycles. The Morgan fingerprint density at radius 3 is 2.75 bits per heavy atom. The van der Waals surface area contributed by atoms with E-state index in [2.05, 4.69) is 5.32 Å². The molecule has 0 aliphatic rings. The quantitative estimate of drug-likeness (QED) is 0.809. The standard InChI is InChI=1S/C12H17F2NO/c1-3-16-8-9(2)15-7-10-4-5-11(13)6-12(10)14/h4-6,9,15H,3,7-8H2,1-2H3. The average molecular weight is 229 g/mol. The van der Waals surface area contributed by atoms with Crippen molar-refractivity contribution >= 4 is 0 Å². The van der Waals surface area contributed by atoms with Crippen LogP contribution in [0.2, 0.25) is 0 Å². The molecule has 1 aromatic rings. The first kappa shape index (κ1) is 13.1. The van der Waals surface area contributed by atoms with E-state index in [0.29, 0.717) is 25.3 Å². The summed E-state index contributed by atoms with van der Waals surface area (Å²) in [5, 5.41) is 3.11. The molecule has 1 rings (SSSR count). The summed E-state index contributed by atoms with van der Waals surface area (Å²) in [6, 6.07) is 3.74. The molecule has 2 nitrogen and oxygen atoms in total. The van der Waals surface area contributed by atoms with Crippen LogP contribution in [0.25, 0.3) is 0 Å². The average Bonchev–Trinajstić information content (AvgIpc) is 2.25. The van der Waals surface area contributed by atoms with E-state index >= 15 is 0 Å². The summed E-state index contributed by atoms with van der Waals surface area (Å²) in [5.74, 6) is -1.07. The van der Waals surface area contributed by atoms with Crippen LogP contribution in [0, 0.1) is 11.6 Å². The van der Waals surface area contributed by atoms with Crippen LogP contribution >= 0.6 is 0 Å². The molecule has 0 amide bonds. The van der Waals surface area contributed by atoms with Crippen LogP contribution in [-0.2, 0) is 11.3 Å². The molecule has 90 valence electrons. The molecule has 0 saturated carbocycles.